The summed E-state index contributed by atoms with van der Waals surface area (Å²) in [5, 5.41) is 8.64. The lowest BCUT2D eigenvalue weighted by Gasteiger charge is -1.93. The molecule has 12 heavy (non-hydrogen) atoms. The molecule has 0 saturated heterocycles. The van der Waals surface area contributed by atoms with E-state index < -0.39 is 5.97 Å². The number of carboxylic acids is 1. The van der Waals surface area contributed by atoms with E-state index in [1.165, 1.54) is 6.33 Å². The first-order valence-corrected chi connectivity index (χ1v) is 3.78. The molecule has 0 aliphatic heterocycles. The van der Waals surface area contributed by atoms with Crippen LogP contribution in [0.3, 0.4) is 0 Å². The van der Waals surface area contributed by atoms with E-state index in [1.54, 1.807) is 12.3 Å². The van der Waals surface area contributed by atoms with Crippen LogP contribution in [0.2, 0.25) is 0 Å². The van der Waals surface area contributed by atoms with Crippen LogP contribution in [-0.2, 0) is 4.79 Å². The van der Waals surface area contributed by atoms with Gasteiger partial charge < -0.3 is 5.11 Å². The first-order chi connectivity index (χ1) is 5.79. The molecule has 0 radical (unpaired) electrons. The van der Waals surface area contributed by atoms with Crippen LogP contribution in [-0.4, -0.2) is 21.0 Å². The fourth-order valence-electron chi connectivity index (χ4n) is 1.32. The lowest BCUT2D eigenvalue weighted by molar-refractivity contribution is -0.138. The van der Waals surface area contributed by atoms with E-state index in [0.29, 0.717) is 6.42 Å². The Morgan fingerprint density at radius 3 is 3.00 bits per heavy atom. The van der Waals surface area contributed by atoms with Crippen LogP contribution in [0.4, 0.5) is 0 Å². The molecule has 4 heteroatoms. The number of hydrogen-bond acceptors (Lipinski definition) is 3. The van der Waals surface area contributed by atoms with Crippen LogP contribution in [0.15, 0.2) is 18.6 Å². The summed E-state index contributed by atoms with van der Waals surface area (Å²) < 4.78 is 0. The van der Waals surface area contributed by atoms with Gasteiger partial charge in [-0.3, -0.25) is 4.79 Å². The molecule has 1 fully saturated rings. The average Bonchev–Trinajstić information content (AvgIpc) is 2.84. The molecular formula is C8H8N2O2. The molecule has 1 aromatic rings. The van der Waals surface area contributed by atoms with Crippen molar-refractivity contribution in [2.75, 3.05) is 0 Å². The summed E-state index contributed by atoms with van der Waals surface area (Å²) >= 11 is 0. The molecule has 1 saturated carbocycles. The predicted molar refractivity (Wildman–Crippen MR) is 40.5 cm³/mol. The molecule has 62 valence electrons. The van der Waals surface area contributed by atoms with Crippen molar-refractivity contribution >= 4 is 5.97 Å². The number of rotatable bonds is 2. The highest BCUT2D eigenvalue weighted by atomic mass is 16.4. The first-order valence-electron chi connectivity index (χ1n) is 3.78. The van der Waals surface area contributed by atoms with E-state index in [-0.39, 0.29) is 11.8 Å². The third kappa shape index (κ3) is 1.15. The minimum absolute atomic E-state index is 0.116. The van der Waals surface area contributed by atoms with E-state index in [4.69, 9.17) is 5.11 Å². The van der Waals surface area contributed by atoms with E-state index in [0.717, 1.165) is 5.69 Å². The highest BCUT2D eigenvalue weighted by Crippen LogP contribution is 2.46. The Morgan fingerprint density at radius 2 is 2.50 bits per heavy atom. The normalized spacial score (nSPS) is 26.7. The second-order valence-corrected chi connectivity index (χ2v) is 2.92. The summed E-state index contributed by atoms with van der Waals surface area (Å²) in [4.78, 5) is 18.3. The van der Waals surface area contributed by atoms with Crippen LogP contribution in [0.5, 0.6) is 0 Å². The maximum atomic E-state index is 10.5. The van der Waals surface area contributed by atoms with E-state index >= 15 is 0 Å². The zero-order valence-corrected chi connectivity index (χ0v) is 6.34. The minimum atomic E-state index is -0.724. The van der Waals surface area contributed by atoms with Gasteiger partial charge in [-0.25, -0.2) is 9.97 Å². The van der Waals surface area contributed by atoms with E-state index in [9.17, 15) is 4.79 Å². The van der Waals surface area contributed by atoms with Gasteiger partial charge in [-0.1, -0.05) is 0 Å². The van der Waals surface area contributed by atoms with Gasteiger partial charge >= 0.3 is 5.97 Å². The SMILES string of the molecule is O=C(O)[C@@H]1C[C@H]1c1ccncn1. The molecule has 0 aromatic carbocycles. The van der Waals surface area contributed by atoms with Gasteiger partial charge in [0.1, 0.15) is 6.33 Å². The fraction of sp³-hybridized carbons (Fsp3) is 0.375. The van der Waals surface area contributed by atoms with Gasteiger partial charge in [0.05, 0.1) is 5.92 Å². The Bertz CT molecular complexity index is 299. The highest BCUT2D eigenvalue weighted by Gasteiger charge is 2.45. The van der Waals surface area contributed by atoms with Gasteiger partial charge in [-0.2, -0.15) is 0 Å². The lowest BCUT2D eigenvalue weighted by Crippen LogP contribution is -1.99. The zero-order chi connectivity index (χ0) is 8.55. The van der Waals surface area contributed by atoms with Crippen LogP contribution >= 0.6 is 0 Å². The van der Waals surface area contributed by atoms with Crippen LogP contribution in [0.1, 0.15) is 18.0 Å². The van der Waals surface area contributed by atoms with Crippen LogP contribution < -0.4 is 0 Å². The summed E-state index contributed by atoms with van der Waals surface area (Å²) in [6, 6.07) is 1.77. The van der Waals surface area contributed by atoms with Crippen molar-refractivity contribution < 1.29 is 9.90 Å². The minimum Gasteiger partial charge on any atom is -0.481 e. The Labute approximate surface area is 69.3 Å². The van der Waals surface area contributed by atoms with Crippen molar-refractivity contribution in [1.82, 2.24) is 9.97 Å². The topological polar surface area (TPSA) is 63.1 Å². The predicted octanol–water partition coefficient (Wildman–Crippen LogP) is 0.665. The van der Waals surface area contributed by atoms with Crippen molar-refractivity contribution in [3.05, 3.63) is 24.3 Å². The molecule has 0 unspecified atom stereocenters. The number of aliphatic carboxylic acids is 1. The van der Waals surface area contributed by atoms with Crippen molar-refractivity contribution in [2.45, 2.75) is 12.3 Å². The summed E-state index contributed by atoms with van der Waals surface area (Å²) in [5.74, 6) is -0.830. The number of carbonyl (C=O) groups is 1. The monoisotopic (exact) mass is 164 g/mol. The van der Waals surface area contributed by atoms with Gasteiger partial charge in [-0.05, 0) is 12.5 Å². The van der Waals surface area contributed by atoms with Gasteiger partial charge in [0.2, 0.25) is 0 Å². The summed E-state index contributed by atoms with van der Waals surface area (Å²) in [6.07, 6.45) is 3.80. The van der Waals surface area contributed by atoms with Crippen molar-refractivity contribution in [1.29, 1.82) is 0 Å². The van der Waals surface area contributed by atoms with E-state index in [2.05, 4.69) is 9.97 Å². The molecular weight excluding hydrogens is 156 g/mol. The molecule has 1 aromatic heterocycles. The largest absolute Gasteiger partial charge is 0.481 e. The second kappa shape index (κ2) is 2.55. The number of aromatic nitrogens is 2. The Kier molecular flexibility index (Phi) is 1.53. The van der Waals surface area contributed by atoms with Gasteiger partial charge in [-0.15, -0.1) is 0 Å². The van der Waals surface area contributed by atoms with Crippen molar-refractivity contribution in [3.63, 3.8) is 0 Å². The molecule has 0 amide bonds. The summed E-state index contributed by atoms with van der Waals surface area (Å²) in [5.41, 5.74) is 0.845. The summed E-state index contributed by atoms with van der Waals surface area (Å²) in [6.45, 7) is 0. The molecule has 1 aliphatic carbocycles. The third-order valence-corrected chi connectivity index (χ3v) is 2.09. The van der Waals surface area contributed by atoms with Gasteiger partial charge in [0.25, 0.3) is 0 Å². The second-order valence-electron chi connectivity index (χ2n) is 2.92. The summed E-state index contributed by atoms with van der Waals surface area (Å²) in [7, 11) is 0. The van der Waals surface area contributed by atoms with E-state index in [1.807, 2.05) is 0 Å². The molecule has 2 atom stereocenters. The number of carboxylic acid groups (broad SMARTS) is 1. The van der Waals surface area contributed by atoms with Crippen molar-refractivity contribution in [2.24, 2.45) is 5.92 Å². The molecule has 0 bridgehead atoms. The van der Waals surface area contributed by atoms with Crippen LogP contribution in [0, 0.1) is 5.92 Å². The smallest absolute Gasteiger partial charge is 0.307 e. The molecule has 2 rings (SSSR count). The quantitative estimate of drug-likeness (QED) is 0.697. The van der Waals surface area contributed by atoms with Crippen molar-refractivity contribution in [3.8, 4) is 0 Å². The highest BCUT2D eigenvalue weighted by molar-refractivity contribution is 5.74. The molecule has 1 heterocycles. The first kappa shape index (κ1) is 7.21. The maximum Gasteiger partial charge on any atom is 0.307 e. The average molecular weight is 164 g/mol. The van der Waals surface area contributed by atoms with Crippen LogP contribution in [0.25, 0.3) is 0 Å². The lowest BCUT2D eigenvalue weighted by atomic mass is 10.2. The number of nitrogens with zero attached hydrogens (tertiary/aromatic N) is 2. The third-order valence-electron chi connectivity index (χ3n) is 2.09. The molecule has 4 nitrogen and oxygen atoms in total. The Balaban J connectivity index is 2.11. The van der Waals surface area contributed by atoms with Gasteiger partial charge in [0.15, 0.2) is 0 Å². The Hall–Kier alpha value is -1.45. The molecule has 1 aliphatic rings. The standard InChI is InChI=1S/C8H8N2O2/c11-8(12)6-3-5(6)7-1-2-9-4-10-7/h1-2,4-6H,3H2,(H,11,12)/t5-,6-/m1/s1. The number of hydrogen-bond donors (Lipinski definition) is 1. The van der Waals surface area contributed by atoms with Gasteiger partial charge in [0, 0.05) is 17.8 Å². The fourth-order valence-corrected chi connectivity index (χ4v) is 1.32. The Morgan fingerprint density at radius 1 is 1.67 bits per heavy atom. The zero-order valence-electron chi connectivity index (χ0n) is 6.34. The molecule has 1 N–H and O–H groups in total. The maximum absolute atomic E-state index is 10.5. The molecule has 0 spiro atoms.